The van der Waals surface area contributed by atoms with E-state index in [0.717, 1.165) is 24.6 Å². The van der Waals surface area contributed by atoms with Crippen LogP contribution in [0, 0.1) is 17.6 Å². The van der Waals surface area contributed by atoms with Crippen molar-refractivity contribution in [2.24, 2.45) is 5.92 Å². The van der Waals surface area contributed by atoms with Crippen molar-refractivity contribution in [2.75, 3.05) is 6.54 Å². The van der Waals surface area contributed by atoms with E-state index in [-0.39, 0.29) is 12.1 Å². The second kappa shape index (κ2) is 4.47. The van der Waals surface area contributed by atoms with Crippen LogP contribution in [0.5, 0.6) is 0 Å². The van der Waals surface area contributed by atoms with Gasteiger partial charge in [-0.2, -0.15) is 0 Å². The van der Waals surface area contributed by atoms with Crippen LogP contribution >= 0.6 is 0 Å². The molecule has 88 valence electrons. The minimum Gasteiger partial charge on any atom is -0.387 e. The molecule has 0 bridgehead atoms. The van der Waals surface area contributed by atoms with Crippen LogP contribution in [0.3, 0.4) is 0 Å². The van der Waals surface area contributed by atoms with Gasteiger partial charge in [0.15, 0.2) is 0 Å². The average molecular weight is 227 g/mol. The Kier molecular flexibility index (Phi) is 3.21. The molecule has 3 atom stereocenters. The van der Waals surface area contributed by atoms with Crippen molar-refractivity contribution in [3.05, 3.63) is 35.4 Å². The summed E-state index contributed by atoms with van der Waals surface area (Å²) in [5.41, 5.74) is 0.0146. The first-order valence-corrected chi connectivity index (χ1v) is 5.44. The number of rotatable bonds is 4. The number of nitrogens with one attached hydrogen (secondary N) is 1. The van der Waals surface area contributed by atoms with Crippen LogP contribution in [-0.2, 0) is 0 Å². The van der Waals surface area contributed by atoms with E-state index in [4.69, 9.17) is 0 Å². The van der Waals surface area contributed by atoms with E-state index >= 15 is 0 Å². The minimum atomic E-state index is -0.997. The van der Waals surface area contributed by atoms with E-state index in [9.17, 15) is 13.9 Å². The van der Waals surface area contributed by atoms with Crippen LogP contribution in [0.15, 0.2) is 18.2 Å². The molecule has 2 nitrogen and oxygen atoms in total. The van der Waals surface area contributed by atoms with E-state index in [0.29, 0.717) is 12.0 Å². The number of aliphatic hydroxyl groups is 1. The van der Waals surface area contributed by atoms with Crippen molar-refractivity contribution in [2.45, 2.75) is 25.5 Å². The smallest absolute Gasteiger partial charge is 0.129 e. The third-order valence-electron chi connectivity index (χ3n) is 3.00. The molecule has 4 heteroatoms. The van der Waals surface area contributed by atoms with Gasteiger partial charge in [-0.1, -0.05) is 6.92 Å². The van der Waals surface area contributed by atoms with Gasteiger partial charge in [0.05, 0.1) is 6.10 Å². The highest BCUT2D eigenvalue weighted by Gasteiger charge is 2.32. The van der Waals surface area contributed by atoms with Crippen LogP contribution in [0.4, 0.5) is 8.78 Å². The van der Waals surface area contributed by atoms with Gasteiger partial charge in [0.1, 0.15) is 11.6 Å². The maximum atomic E-state index is 13.3. The zero-order valence-electron chi connectivity index (χ0n) is 9.08. The minimum absolute atomic E-state index is 0.0146. The summed E-state index contributed by atoms with van der Waals surface area (Å²) in [6, 6.07) is 3.53. The average Bonchev–Trinajstić information content (AvgIpc) is 2.95. The molecule has 2 N–H and O–H groups in total. The van der Waals surface area contributed by atoms with Gasteiger partial charge in [0.25, 0.3) is 0 Å². The Labute approximate surface area is 93.3 Å². The van der Waals surface area contributed by atoms with Crippen molar-refractivity contribution in [1.29, 1.82) is 0 Å². The summed E-state index contributed by atoms with van der Waals surface area (Å²) in [7, 11) is 0. The lowest BCUT2D eigenvalue weighted by atomic mass is 10.1. The fraction of sp³-hybridized carbons (Fsp3) is 0.500. The zero-order chi connectivity index (χ0) is 11.7. The number of benzene rings is 1. The van der Waals surface area contributed by atoms with Crippen molar-refractivity contribution < 1.29 is 13.9 Å². The monoisotopic (exact) mass is 227 g/mol. The summed E-state index contributed by atoms with van der Waals surface area (Å²) in [4.78, 5) is 0. The first-order chi connectivity index (χ1) is 7.58. The Morgan fingerprint density at radius 1 is 1.50 bits per heavy atom. The maximum Gasteiger partial charge on any atom is 0.129 e. The second-order valence-electron chi connectivity index (χ2n) is 4.41. The van der Waals surface area contributed by atoms with E-state index in [1.807, 2.05) is 0 Å². The van der Waals surface area contributed by atoms with Crippen molar-refractivity contribution in [3.8, 4) is 0 Å². The molecule has 0 radical (unpaired) electrons. The molecule has 3 unspecified atom stereocenters. The molecule has 2 rings (SSSR count). The van der Waals surface area contributed by atoms with Crippen LogP contribution in [-0.4, -0.2) is 17.7 Å². The van der Waals surface area contributed by atoms with Gasteiger partial charge < -0.3 is 10.4 Å². The van der Waals surface area contributed by atoms with Crippen molar-refractivity contribution >= 4 is 0 Å². The van der Waals surface area contributed by atoms with Gasteiger partial charge in [-0.15, -0.1) is 0 Å². The van der Waals surface area contributed by atoms with E-state index in [1.54, 1.807) is 0 Å². The highest BCUT2D eigenvalue weighted by molar-refractivity contribution is 5.21. The Balaban J connectivity index is 1.96. The molecular formula is C12H15F2NO. The van der Waals surface area contributed by atoms with E-state index in [2.05, 4.69) is 12.2 Å². The van der Waals surface area contributed by atoms with Crippen LogP contribution < -0.4 is 5.32 Å². The van der Waals surface area contributed by atoms with E-state index < -0.39 is 17.7 Å². The first-order valence-electron chi connectivity index (χ1n) is 5.44. The summed E-state index contributed by atoms with van der Waals surface area (Å²) >= 11 is 0. The summed E-state index contributed by atoms with van der Waals surface area (Å²) in [6.07, 6.45) is 0.0849. The number of aliphatic hydroxyl groups excluding tert-OH is 1. The van der Waals surface area contributed by atoms with Gasteiger partial charge in [-0.3, -0.25) is 0 Å². The van der Waals surface area contributed by atoms with Crippen LogP contribution in [0.25, 0.3) is 0 Å². The fourth-order valence-corrected chi connectivity index (χ4v) is 1.75. The molecule has 1 aliphatic carbocycles. The molecule has 0 amide bonds. The predicted molar refractivity (Wildman–Crippen MR) is 56.9 cm³/mol. The SMILES string of the molecule is CC1CC1NCC(O)c1cc(F)ccc1F. The van der Waals surface area contributed by atoms with Crippen LogP contribution in [0.2, 0.25) is 0 Å². The highest BCUT2D eigenvalue weighted by Crippen LogP contribution is 2.29. The summed E-state index contributed by atoms with van der Waals surface area (Å²) in [6.45, 7) is 2.36. The van der Waals surface area contributed by atoms with Gasteiger partial charge in [0.2, 0.25) is 0 Å². The molecular weight excluding hydrogens is 212 g/mol. The van der Waals surface area contributed by atoms with Gasteiger partial charge in [0, 0.05) is 18.2 Å². The molecule has 1 aliphatic rings. The summed E-state index contributed by atoms with van der Waals surface area (Å²) in [5.74, 6) is -0.487. The van der Waals surface area contributed by atoms with Gasteiger partial charge >= 0.3 is 0 Å². The Morgan fingerprint density at radius 2 is 2.19 bits per heavy atom. The molecule has 0 saturated heterocycles. The quantitative estimate of drug-likeness (QED) is 0.824. The highest BCUT2D eigenvalue weighted by atomic mass is 19.1. The van der Waals surface area contributed by atoms with Crippen molar-refractivity contribution in [3.63, 3.8) is 0 Å². The predicted octanol–water partition coefficient (Wildman–Crippen LogP) is 2.00. The molecule has 0 heterocycles. The summed E-state index contributed by atoms with van der Waals surface area (Å²) < 4.78 is 26.2. The molecule has 0 aliphatic heterocycles. The zero-order valence-corrected chi connectivity index (χ0v) is 9.08. The Hall–Kier alpha value is -1.00. The number of hydrogen-bond acceptors (Lipinski definition) is 2. The lowest BCUT2D eigenvalue weighted by Crippen LogP contribution is -2.25. The molecule has 1 aromatic carbocycles. The molecule has 0 aromatic heterocycles. The molecule has 0 spiro atoms. The normalized spacial score (nSPS) is 25.5. The van der Waals surface area contributed by atoms with Crippen molar-refractivity contribution in [1.82, 2.24) is 5.32 Å². The molecule has 1 saturated carbocycles. The second-order valence-corrected chi connectivity index (χ2v) is 4.41. The molecule has 1 aromatic rings. The van der Waals surface area contributed by atoms with Crippen LogP contribution in [0.1, 0.15) is 25.0 Å². The lowest BCUT2D eigenvalue weighted by molar-refractivity contribution is 0.168. The third kappa shape index (κ3) is 2.57. The van der Waals surface area contributed by atoms with Gasteiger partial charge in [-0.05, 0) is 30.5 Å². The standard InChI is InChI=1S/C12H15F2NO/c1-7-4-11(7)15-6-12(16)9-5-8(13)2-3-10(9)14/h2-3,5,7,11-12,15-16H,4,6H2,1H3. The number of hydrogen-bond donors (Lipinski definition) is 2. The largest absolute Gasteiger partial charge is 0.387 e. The molecule has 16 heavy (non-hydrogen) atoms. The number of halogens is 2. The van der Waals surface area contributed by atoms with Gasteiger partial charge in [-0.25, -0.2) is 8.78 Å². The molecule has 1 fully saturated rings. The first kappa shape index (κ1) is 11.5. The topological polar surface area (TPSA) is 32.3 Å². The maximum absolute atomic E-state index is 13.3. The summed E-state index contributed by atoms with van der Waals surface area (Å²) in [5, 5.41) is 12.8. The Morgan fingerprint density at radius 3 is 2.81 bits per heavy atom. The third-order valence-corrected chi connectivity index (χ3v) is 3.00. The lowest BCUT2D eigenvalue weighted by Gasteiger charge is -2.12. The Bertz CT molecular complexity index is 383. The fourth-order valence-electron chi connectivity index (χ4n) is 1.75. The van der Waals surface area contributed by atoms with E-state index in [1.165, 1.54) is 0 Å².